The van der Waals surface area contributed by atoms with E-state index in [1.165, 1.54) is 11.8 Å². The molecule has 3 aromatic rings. The van der Waals surface area contributed by atoms with Crippen LogP contribution >= 0.6 is 0 Å². The van der Waals surface area contributed by atoms with Crippen molar-refractivity contribution in [2.75, 3.05) is 10.2 Å². The van der Waals surface area contributed by atoms with Gasteiger partial charge in [-0.25, -0.2) is 4.90 Å². The van der Waals surface area contributed by atoms with Gasteiger partial charge in [0, 0.05) is 34.5 Å². The minimum atomic E-state index is -0.364. The van der Waals surface area contributed by atoms with E-state index in [0.717, 1.165) is 5.56 Å². The maximum Gasteiger partial charge on any atom is 0.265 e. The number of amides is 3. The first-order valence-electron chi connectivity index (χ1n) is 9.51. The van der Waals surface area contributed by atoms with Crippen LogP contribution in [0.25, 0.3) is 10.8 Å². The van der Waals surface area contributed by atoms with E-state index in [9.17, 15) is 14.4 Å². The second-order valence-electron chi connectivity index (χ2n) is 8.31. The number of benzene rings is 3. The normalized spacial score (nSPS) is 13.7. The van der Waals surface area contributed by atoms with E-state index < -0.39 is 0 Å². The molecule has 1 heterocycles. The fraction of sp³-hybridized carbons (Fsp3) is 0.208. The Morgan fingerprint density at radius 2 is 1.48 bits per heavy atom. The van der Waals surface area contributed by atoms with Gasteiger partial charge < -0.3 is 5.32 Å². The highest BCUT2D eigenvalue weighted by Gasteiger charge is 2.34. The van der Waals surface area contributed by atoms with Gasteiger partial charge in [-0.3, -0.25) is 14.4 Å². The lowest BCUT2D eigenvalue weighted by Gasteiger charge is -2.28. The first-order valence-corrected chi connectivity index (χ1v) is 9.51. The number of carbonyl (C=O) groups is 3. The topological polar surface area (TPSA) is 66.5 Å². The smallest absolute Gasteiger partial charge is 0.265 e. The number of carbonyl (C=O) groups excluding carboxylic acids is 3. The number of hydrogen-bond acceptors (Lipinski definition) is 3. The van der Waals surface area contributed by atoms with Crippen LogP contribution in [0.4, 0.5) is 11.4 Å². The maximum atomic E-state index is 13.2. The van der Waals surface area contributed by atoms with E-state index in [2.05, 4.69) is 26.1 Å². The fourth-order valence-corrected chi connectivity index (χ4v) is 3.74. The molecule has 1 aliphatic heterocycles. The second kappa shape index (κ2) is 6.55. The first kappa shape index (κ1) is 18.9. The summed E-state index contributed by atoms with van der Waals surface area (Å²) in [5.41, 5.74) is 3.13. The number of imide groups is 1. The molecule has 0 atom stereocenters. The highest BCUT2D eigenvalue weighted by Crippen LogP contribution is 2.36. The van der Waals surface area contributed by atoms with Crippen LogP contribution in [0.3, 0.4) is 0 Å². The molecule has 3 amide bonds. The molecule has 4 rings (SSSR count). The zero-order valence-corrected chi connectivity index (χ0v) is 16.9. The Morgan fingerprint density at radius 3 is 2.07 bits per heavy atom. The van der Waals surface area contributed by atoms with Gasteiger partial charge in [-0.05, 0) is 41.3 Å². The molecule has 0 radical (unpaired) electrons. The van der Waals surface area contributed by atoms with Crippen molar-refractivity contribution in [3.63, 3.8) is 0 Å². The van der Waals surface area contributed by atoms with Crippen molar-refractivity contribution < 1.29 is 14.4 Å². The molecule has 0 fully saturated rings. The minimum absolute atomic E-state index is 0.0211. The van der Waals surface area contributed by atoms with E-state index in [1.54, 1.807) is 24.3 Å². The highest BCUT2D eigenvalue weighted by molar-refractivity contribution is 6.36. The summed E-state index contributed by atoms with van der Waals surface area (Å²) in [5.74, 6) is -0.937. The maximum absolute atomic E-state index is 13.2. The third-order valence-corrected chi connectivity index (χ3v) is 5.21. The van der Waals surface area contributed by atoms with Crippen LogP contribution in [0.15, 0.2) is 54.6 Å². The summed E-state index contributed by atoms with van der Waals surface area (Å²) in [6, 6.07) is 16.2. The van der Waals surface area contributed by atoms with Gasteiger partial charge in [-0.15, -0.1) is 0 Å². The Bertz CT molecular complexity index is 1150. The molecule has 0 bridgehead atoms. The van der Waals surface area contributed by atoms with Crippen LogP contribution in [-0.4, -0.2) is 17.7 Å². The van der Waals surface area contributed by atoms with Gasteiger partial charge in [0.05, 0.1) is 5.69 Å². The van der Waals surface area contributed by atoms with Crippen LogP contribution < -0.4 is 10.2 Å². The molecular formula is C24H22N2O3. The fourth-order valence-electron chi connectivity index (χ4n) is 3.74. The predicted molar refractivity (Wildman–Crippen MR) is 115 cm³/mol. The molecule has 146 valence electrons. The molecule has 1 N–H and O–H groups in total. The lowest BCUT2D eigenvalue weighted by atomic mass is 9.87. The summed E-state index contributed by atoms with van der Waals surface area (Å²) in [5, 5.41) is 4.03. The zero-order chi connectivity index (χ0) is 20.9. The molecule has 29 heavy (non-hydrogen) atoms. The average molecular weight is 386 g/mol. The van der Waals surface area contributed by atoms with Gasteiger partial charge in [0.15, 0.2) is 0 Å². The lowest BCUT2D eigenvalue weighted by Crippen LogP contribution is -2.40. The highest BCUT2D eigenvalue weighted by atomic mass is 16.2. The van der Waals surface area contributed by atoms with E-state index in [1.807, 2.05) is 30.3 Å². The molecule has 5 heteroatoms. The van der Waals surface area contributed by atoms with Crippen molar-refractivity contribution >= 4 is 39.9 Å². The number of hydrogen-bond donors (Lipinski definition) is 1. The van der Waals surface area contributed by atoms with Crippen molar-refractivity contribution in [3.05, 3.63) is 71.3 Å². The van der Waals surface area contributed by atoms with E-state index in [4.69, 9.17) is 0 Å². The van der Waals surface area contributed by atoms with Crippen LogP contribution in [0, 0.1) is 0 Å². The van der Waals surface area contributed by atoms with Crippen molar-refractivity contribution in [2.45, 2.75) is 33.1 Å². The standard InChI is InChI=1S/C24H22N2O3/c1-14(27)25-20-13-12-19-21-17(20)6-5-7-18(21)22(28)26(23(19)29)16-10-8-15(9-11-16)24(2,3)4/h5-13H,1-4H3,(H,25,27). The van der Waals surface area contributed by atoms with Crippen LogP contribution in [0.2, 0.25) is 0 Å². The van der Waals surface area contributed by atoms with Crippen molar-refractivity contribution in [3.8, 4) is 0 Å². The quantitative estimate of drug-likeness (QED) is 0.637. The SMILES string of the molecule is CC(=O)Nc1ccc2c3c(cccc13)C(=O)N(c1ccc(C(C)(C)C)cc1)C2=O. The minimum Gasteiger partial charge on any atom is -0.326 e. The van der Waals surface area contributed by atoms with Gasteiger partial charge in [0.25, 0.3) is 11.8 Å². The third-order valence-electron chi connectivity index (χ3n) is 5.21. The van der Waals surface area contributed by atoms with Gasteiger partial charge in [0.1, 0.15) is 0 Å². The molecule has 3 aromatic carbocycles. The summed E-state index contributed by atoms with van der Waals surface area (Å²) in [4.78, 5) is 39.2. The third kappa shape index (κ3) is 3.09. The predicted octanol–water partition coefficient (Wildman–Crippen LogP) is 4.90. The summed E-state index contributed by atoms with van der Waals surface area (Å²) >= 11 is 0. The Balaban J connectivity index is 1.85. The lowest BCUT2D eigenvalue weighted by molar-refractivity contribution is -0.114. The number of rotatable bonds is 2. The van der Waals surface area contributed by atoms with Crippen LogP contribution in [0.5, 0.6) is 0 Å². The molecule has 0 aromatic heterocycles. The Kier molecular flexibility index (Phi) is 4.26. The van der Waals surface area contributed by atoms with Gasteiger partial charge in [-0.1, -0.05) is 45.0 Å². The van der Waals surface area contributed by atoms with Gasteiger partial charge >= 0.3 is 0 Å². The van der Waals surface area contributed by atoms with E-state index >= 15 is 0 Å². The first-order chi connectivity index (χ1) is 13.7. The number of nitrogens with zero attached hydrogens (tertiary/aromatic N) is 1. The largest absolute Gasteiger partial charge is 0.326 e. The Labute approximate surface area is 169 Å². The molecule has 0 unspecified atom stereocenters. The van der Waals surface area contributed by atoms with E-state index in [-0.39, 0.29) is 23.1 Å². The second-order valence-corrected chi connectivity index (χ2v) is 8.31. The Morgan fingerprint density at radius 1 is 0.862 bits per heavy atom. The number of nitrogens with one attached hydrogen (secondary N) is 1. The molecule has 1 aliphatic rings. The van der Waals surface area contributed by atoms with Crippen molar-refractivity contribution in [2.24, 2.45) is 0 Å². The monoisotopic (exact) mass is 386 g/mol. The molecular weight excluding hydrogens is 364 g/mol. The summed E-state index contributed by atoms with van der Waals surface area (Å²) < 4.78 is 0. The summed E-state index contributed by atoms with van der Waals surface area (Å²) in [6.45, 7) is 7.77. The van der Waals surface area contributed by atoms with Crippen LogP contribution in [0.1, 0.15) is 54.0 Å². The van der Waals surface area contributed by atoms with Gasteiger partial charge in [-0.2, -0.15) is 0 Å². The van der Waals surface area contributed by atoms with Crippen LogP contribution in [-0.2, 0) is 10.2 Å². The Hall–Kier alpha value is -3.47. The average Bonchev–Trinajstić information content (AvgIpc) is 2.66. The molecule has 0 saturated carbocycles. The molecule has 0 aliphatic carbocycles. The summed E-state index contributed by atoms with van der Waals surface area (Å²) in [7, 11) is 0. The van der Waals surface area contributed by atoms with Gasteiger partial charge in [0.2, 0.25) is 5.91 Å². The van der Waals surface area contributed by atoms with E-state index in [0.29, 0.717) is 33.3 Å². The number of anilines is 2. The molecule has 0 spiro atoms. The molecule has 5 nitrogen and oxygen atoms in total. The van der Waals surface area contributed by atoms with Crippen molar-refractivity contribution in [1.82, 2.24) is 0 Å². The summed E-state index contributed by atoms with van der Waals surface area (Å²) in [6.07, 6.45) is 0. The van der Waals surface area contributed by atoms with Crippen molar-refractivity contribution in [1.29, 1.82) is 0 Å². The zero-order valence-electron chi connectivity index (χ0n) is 16.9. The molecule has 0 saturated heterocycles.